The molecular weight excluding hydrogens is 359 g/mol. The molecule has 0 aromatic heterocycles. The van der Waals surface area contributed by atoms with E-state index in [2.05, 4.69) is 10.6 Å². The number of carbonyl (C=O) groups is 2. The third-order valence-electron chi connectivity index (χ3n) is 4.54. The Morgan fingerprint density at radius 3 is 2.67 bits per heavy atom. The Kier molecular flexibility index (Phi) is 7.65. The number of amides is 2. The van der Waals surface area contributed by atoms with E-state index in [1.165, 1.54) is 18.2 Å². The lowest BCUT2D eigenvalue weighted by Gasteiger charge is -2.32. The van der Waals surface area contributed by atoms with E-state index < -0.39 is 17.6 Å². The van der Waals surface area contributed by atoms with Crippen molar-refractivity contribution >= 4 is 17.5 Å². The van der Waals surface area contributed by atoms with Gasteiger partial charge in [-0.15, -0.1) is 0 Å². The minimum Gasteiger partial charge on any atom is -0.356 e. The van der Waals surface area contributed by atoms with Gasteiger partial charge in [-0.2, -0.15) is 13.2 Å². The molecule has 1 atom stereocenters. The number of anilines is 1. The van der Waals surface area contributed by atoms with Gasteiger partial charge in [-0.05, 0) is 43.9 Å². The zero-order chi connectivity index (χ0) is 19.9. The Balaban J connectivity index is 1.86. The fourth-order valence-electron chi connectivity index (χ4n) is 3.27. The summed E-state index contributed by atoms with van der Waals surface area (Å²) < 4.78 is 39.1. The maximum atomic E-state index is 13.0. The molecule has 1 aromatic rings. The summed E-state index contributed by atoms with van der Waals surface area (Å²) in [6, 6.07) is 4.95. The van der Waals surface area contributed by atoms with Crippen molar-refractivity contribution in [3.63, 3.8) is 0 Å². The van der Waals surface area contributed by atoms with Gasteiger partial charge in [0, 0.05) is 19.5 Å². The average molecular weight is 385 g/mol. The minimum absolute atomic E-state index is 0.0242. The zero-order valence-electron chi connectivity index (χ0n) is 15.4. The fraction of sp³-hybridized carbons (Fsp3) is 0.579. The van der Waals surface area contributed by atoms with Crippen molar-refractivity contribution in [1.82, 2.24) is 10.2 Å². The first kappa shape index (κ1) is 21.2. The maximum absolute atomic E-state index is 13.0. The molecule has 27 heavy (non-hydrogen) atoms. The minimum atomic E-state index is -4.52. The lowest BCUT2D eigenvalue weighted by Crippen LogP contribution is -2.44. The van der Waals surface area contributed by atoms with Gasteiger partial charge in [0.2, 0.25) is 11.8 Å². The van der Waals surface area contributed by atoms with Gasteiger partial charge in [0.15, 0.2) is 0 Å². The normalized spacial score (nSPS) is 18.1. The van der Waals surface area contributed by atoms with Gasteiger partial charge < -0.3 is 10.6 Å². The van der Waals surface area contributed by atoms with E-state index in [0.29, 0.717) is 26.1 Å². The summed E-state index contributed by atoms with van der Waals surface area (Å²) in [5, 5.41) is 5.28. The molecule has 1 aliphatic heterocycles. The molecule has 1 fully saturated rings. The van der Waals surface area contributed by atoms with Crippen LogP contribution in [0.4, 0.5) is 18.9 Å². The van der Waals surface area contributed by atoms with Gasteiger partial charge in [-0.3, -0.25) is 14.5 Å². The Morgan fingerprint density at radius 1 is 1.22 bits per heavy atom. The third kappa shape index (κ3) is 6.86. The van der Waals surface area contributed by atoms with Crippen molar-refractivity contribution in [2.75, 3.05) is 31.5 Å². The summed E-state index contributed by atoms with van der Waals surface area (Å²) in [5.74, 6) is -0.201. The van der Waals surface area contributed by atoms with Crippen molar-refractivity contribution in [3.8, 4) is 0 Å². The number of hydrogen-bond acceptors (Lipinski definition) is 3. The number of rotatable bonds is 7. The molecule has 1 aromatic carbocycles. The summed E-state index contributed by atoms with van der Waals surface area (Å²) >= 11 is 0. The van der Waals surface area contributed by atoms with Crippen LogP contribution >= 0.6 is 0 Å². The largest absolute Gasteiger partial charge is 0.418 e. The molecule has 0 aliphatic carbocycles. The molecule has 0 bridgehead atoms. The van der Waals surface area contributed by atoms with Gasteiger partial charge in [-0.25, -0.2) is 0 Å². The molecule has 5 nitrogen and oxygen atoms in total. The van der Waals surface area contributed by atoms with E-state index in [0.717, 1.165) is 25.3 Å². The van der Waals surface area contributed by atoms with E-state index in [9.17, 15) is 22.8 Å². The molecule has 2 N–H and O–H groups in total. The highest BCUT2D eigenvalue weighted by atomic mass is 19.4. The second kappa shape index (κ2) is 9.73. The molecule has 0 saturated carbocycles. The van der Waals surface area contributed by atoms with Crippen LogP contribution in [0.3, 0.4) is 0 Å². The van der Waals surface area contributed by atoms with Crippen molar-refractivity contribution in [1.29, 1.82) is 0 Å². The van der Waals surface area contributed by atoms with Crippen LogP contribution in [0.25, 0.3) is 0 Å². The average Bonchev–Trinajstić information content (AvgIpc) is 2.60. The molecular formula is C19H26F3N3O2. The molecule has 0 radical (unpaired) electrons. The second-order valence-corrected chi connectivity index (χ2v) is 6.89. The van der Waals surface area contributed by atoms with Crippen LogP contribution in [0.2, 0.25) is 0 Å². The molecule has 150 valence electrons. The third-order valence-corrected chi connectivity index (χ3v) is 4.54. The highest BCUT2D eigenvalue weighted by Gasteiger charge is 2.33. The molecule has 2 amide bonds. The van der Waals surface area contributed by atoms with Crippen LogP contribution in [0.5, 0.6) is 0 Å². The number of likely N-dealkylation sites (tertiary alicyclic amines) is 1. The predicted molar refractivity (Wildman–Crippen MR) is 97.2 cm³/mol. The van der Waals surface area contributed by atoms with Crippen LogP contribution < -0.4 is 10.6 Å². The van der Waals surface area contributed by atoms with Crippen molar-refractivity contribution < 1.29 is 22.8 Å². The summed E-state index contributed by atoms with van der Waals surface area (Å²) in [4.78, 5) is 25.7. The summed E-state index contributed by atoms with van der Waals surface area (Å²) in [5.41, 5.74) is -1.08. The van der Waals surface area contributed by atoms with E-state index >= 15 is 0 Å². The molecule has 0 unspecified atom stereocenters. The molecule has 1 heterocycles. The number of carbonyl (C=O) groups excluding carboxylic acids is 2. The highest BCUT2D eigenvalue weighted by Crippen LogP contribution is 2.34. The van der Waals surface area contributed by atoms with Crippen LogP contribution in [0, 0.1) is 5.92 Å². The summed E-state index contributed by atoms with van der Waals surface area (Å²) in [6.45, 7) is 3.89. The zero-order valence-corrected chi connectivity index (χ0v) is 15.4. The van der Waals surface area contributed by atoms with Crippen LogP contribution in [0.1, 0.15) is 38.2 Å². The topological polar surface area (TPSA) is 61.4 Å². The van der Waals surface area contributed by atoms with Crippen LogP contribution in [-0.2, 0) is 15.8 Å². The number of nitrogens with one attached hydrogen (secondary N) is 2. The maximum Gasteiger partial charge on any atom is 0.418 e. The first-order chi connectivity index (χ1) is 12.8. The Hall–Kier alpha value is -2.09. The number of alkyl halides is 3. The van der Waals surface area contributed by atoms with Gasteiger partial charge >= 0.3 is 6.18 Å². The van der Waals surface area contributed by atoms with Crippen LogP contribution in [0.15, 0.2) is 24.3 Å². The fourth-order valence-corrected chi connectivity index (χ4v) is 3.27. The van der Waals surface area contributed by atoms with Gasteiger partial charge in [0.05, 0.1) is 17.8 Å². The standard InChI is InChI=1S/C19H26F3N3O2/c1-2-6-17(26)23-11-14-7-5-10-25(12-14)13-18(27)24-16-9-4-3-8-15(16)19(20,21)22/h3-4,8-9,14H,2,5-7,10-13H2,1H3,(H,23,26)(H,24,27)/t14-/m1/s1. The van der Waals surface area contributed by atoms with Crippen molar-refractivity contribution in [2.24, 2.45) is 5.92 Å². The Morgan fingerprint density at radius 2 is 1.96 bits per heavy atom. The molecule has 1 saturated heterocycles. The van der Waals surface area contributed by atoms with Crippen molar-refractivity contribution in [2.45, 2.75) is 38.8 Å². The first-order valence-corrected chi connectivity index (χ1v) is 9.24. The molecule has 1 aliphatic rings. The predicted octanol–water partition coefficient (Wildman–Crippen LogP) is 3.27. The van der Waals surface area contributed by atoms with Gasteiger partial charge in [0.1, 0.15) is 0 Å². The Bertz CT molecular complexity index is 649. The van der Waals surface area contributed by atoms with E-state index in [4.69, 9.17) is 0 Å². The molecule has 2 rings (SSSR count). The van der Waals surface area contributed by atoms with E-state index in [1.54, 1.807) is 0 Å². The van der Waals surface area contributed by atoms with E-state index in [1.807, 2.05) is 11.8 Å². The van der Waals surface area contributed by atoms with Gasteiger partial charge in [0.25, 0.3) is 0 Å². The SMILES string of the molecule is CCCC(=O)NC[C@H]1CCCN(CC(=O)Nc2ccccc2C(F)(F)F)C1. The number of piperidine rings is 1. The summed E-state index contributed by atoms with van der Waals surface area (Å²) in [7, 11) is 0. The second-order valence-electron chi connectivity index (χ2n) is 6.89. The number of nitrogens with zero attached hydrogens (tertiary/aromatic N) is 1. The van der Waals surface area contributed by atoms with E-state index in [-0.39, 0.29) is 24.1 Å². The van der Waals surface area contributed by atoms with Crippen LogP contribution in [-0.4, -0.2) is 42.9 Å². The molecule has 0 spiro atoms. The number of halogens is 3. The lowest BCUT2D eigenvalue weighted by atomic mass is 9.98. The quantitative estimate of drug-likeness (QED) is 0.757. The monoisotopic (exact) mass is 385 g/mol. The van der Waals surface area contributed by atoms with Crippen molar-refractivity contribution in [3.05, 3.63) is 29.8 Å². The van der Waals surface area contributed by atoms with Gasteiger partial charge in [-0.1, -0.05) is 19.1 Å². The number of hydrogen-bond donors (Lipinski definition) is 2. The number of para-hydroxylation sites is 1. The highest BCUT2D eigenvalue weighted by molar-refractivity contribution is 5.93. The number of benzene rings is 1. The summed E-state index contributed by atoms with van der Waals surface area (Å²) in [6.07, 6.45) is -1.38. The lowest BCUT2D eigenvalue weighted by molar-refractivity contribution is -0.137. The first-order valence-electron chi connectivity index (χ1n) is 9.24. The smallest absolute Gasteiger partial charge is 0.356 e. The Labute approximate surface area is 157 Å². The molecule has 8 heteroatoms.